The highest BCUT2D eigenvalue weighted by Crippen LogP contribution is 2.33. The Labute approximate surface area is 144 Å². The van der Waals surface area contributed by atoms with E-state index in [1.807, 2.05) is 26.0 Å². The number of nitrogens with zero attached hydrogens (tertiary/aromatic N) is 1. The Balaban J connectivity index is 1.62. The van der Waals surface area contributed by atoms with Gasteiger partial charge in [0, 0.05) is 15.8 Å². The van der Waals surface area contributed by atoms with E-state index in [-0.39, 0.29) is 5.91 Å². The number of fused-ring (bicyclic) bond motifs is 2. The summed E-state index contributed by atoms with van der Waals surface area (Å²) in [6, 6.07) is 5.95. The van der Waals surface area contributed by atoms with Crippen LogP contribution in [0, 0.1) is 19.8 Å². The first kappa shape index (κ1) is 15.4. The van der Waals surface area contributed by atoms with Crippen molar-refractivity contribution in [3.63, 3.8) is 0 Å². The van der Waals surface area contributed by atoms with Gasteiger partial charge in [-0.25, -0.2) is 4.98 Å². The summed E-state index contributed by atoms with van der Waals surface area (Å²) in [5, 5.41) is 4.59. The van der Waals surface area contributed by atoms with Gasteiger partial charge >= 0.3 is 0 Å². The Morgan fingerprint density at radius 1 is 1.38 bits per heavy atom. The fraction of sp³-hybridized carbons (Fsp3) is 0.368. The molecule has 1 N–H and O–H groups in total. The molecule has 4 nitrogen and oxygen atoms in total. The quantitative estimate of drug-likeness (QED) is 0.723. The van der Waals surface area contributed by atoms with Crippen LogP contribution in [-0.2, 0) is 12.8 Å². The summed E-state index contributed by atoms with van der Waals surface area (Å²) in [5.74, 6) is 0.847. The van der Waals surface area contributed by atoms with Gasteiger partial charge in [0.1, 0.15) is 5.58 Å². The molecule has 2 heterocycles. The molecule has 0 bridgehead atoms. The van der Waals surface area contributed by atoms with Crippen LogP contribution in [0.15, 0.2) is 22.6 Å². The number of hydrogen-bond donors (Lipinski definition) is 1. The van der Waals surface area contributed by atoms with Crippen molar-refractivity contribution in [1.29, 1.82) is 0 Å². The van der Waals surface area contributed by atoms with Gasteiger partial charge in [0.05, 0.1) is 5.69 Å². The highest BCUT2D eigenvalue weighted by atomic mass is 32.1. The van der Waals surface area contributed by atoms with Gasteiger partial charge in [-0.2, -0.15) is 0 Å². The fourth-order valence-corrected chi connectivity index (χ4v) is 4.46. The van der Waals surface area contributed by atoms with E-state index in [4.69, 9.17) is 4.42 Å². The van der Waals surface area contributed by atoms with Crippen molar-refractivity contribution >= 4 is 33.3 Å². The first-order chi connectivity index (χ1) is 11.5. The van der Waals surface area contributed by atoms with Crippen LogP contribution in [0.25, 0.3) is 11.0 Å². The lowest BCUT2D eigenvalue weighted by atomic mass is 9.93. The van der Waals surface area contributed by atoms with E-state index >= 15 is 0 Å². The van der Waals surface area contributed by atoms with Crippen LogP contribution in [0.1, 0.15) is 45.6 Å². The molecule has 0 unspecified atom stereocenters. The SMILES string of the molecule is Cc1ccc2oc(C(=O)Nc3nc4c(s3)C[C@@H](C)CC4)c(C)c2c1. The number of anilines is 1. The van der Waals surface area contributed by atoms with E-state index in [1.54, 1.807) is 11.3 Å². The maximum Gasteiger partial charge on any atom is 0.293 e. The number of nitrogens with one attached hydrogen (secondary N) is 1. The van der Waals surface area contributed by atoms with Gasteiger partial charge in [0.15, 0.2) is 10.9 Å². The molecule has 0 saturated heterocycles. The Morgan fingerprint density at radius 3 is 3.04 bits per heavy atom. The Morgan fingerprint density at radius 2 is 2.21 bits per heavy atom. The molecule has 24 heavy (non-hydrogen) atoms. The zero-order valence-electron chi connectivity index (χ0n) is 14.1. The monoisotopic (exact) mass is 340 g/mol. The molecule has 0 radical (unpaired) electrons. The maximum atomic E-state index is 12.6. The number of carbonyl (C=O) groups excluding carboxylic acids is 1. The van der Waals surface area contributed by atoms with Crippen LogP contribution >= 0.6 is 11.3 Å². The molecule has 2 aromatic heterocycles. The molecule has 0 spiro atoms. The van der Waals surface area contributed by atoms with Gasteiger partial charge in [0.25, 0.3) is 5.91 Å². The number of aryl methyl sites for hydroxylation is 3. The molecule has 4 rings (SSSR count). The summed E-state index contributed by atoms with van der Waals surface area (Å²) < 4.78 is 5.77. The second-order valence-electron chi connectivity index (χ2n) is 6.75. The number of amides is 1. The van der Waals surface area contributed by atoms with E-state index in [0.717, 1.165) is 40.6 Å². The van der Waals surface area contributed by atoms with E-state index < -0.39 is 0 Å². The minimum atomic E-state index is -0.222. The minimum absolute atomic E-state index is 0.222. The fourth-order valence-electron chi connectivity index (χ4n) is 3.30. The lowest BCUT2D eigenvalue weighted by molar-refractivity contribution is 0.0998. The average Bonchev–Trinajstić information content (AvgIpc) is 3.08. The van der Waals surface area contributed by atoms with Crippen molar-refractivity contribution in [1.82, 2.24) is 4.98 Å². The average molecular weight is 340 g/mol. The summed E-state index contributed by atoms with van der Waals surface area (Å²) in [5.41, 5.74) is 3.92. The molecule has 1 aliphatic carbocycles. The predicted molar refractivity (Wildman–Crippen MR) is 96.9 cm³/mol. The van der Waals surface area contributed by atoms with Gasteiger partial charge in [-0.3, -0.25) is 10.1 Å². The van der Waals surface area contributed by atoms with Gasteiger partial charge in [-0.05, 0) is 51.2 Å². The van der Waals surface area contributed by atoms with Crippen LogP contribution in [0.3, 0.4) is 0 Å². The number of thiazole rings is 1. The molecule has 1 aromatic carbocycles. The summed E-state index contributed by atoms with van der Waals surface area (Å²) >= 11 is 1.59. The van der Waals surface area contributed by atoms with Gasteiger partial charge in [0.2, 0.25) is 0 Å². The van der Waals surface area contributed by atoms with Crippen LogP contribution in [0.5, 0.6) is 0 Å². The van der Waals surface area contributed by atoms with Crippen LogP contribution in [0.4, 0.5) is 5.13 Å². The third kappa shape index (κ3) is 2.63. The summed E-state index contributed by atoms with van der Waals surface area (Å²) in [4.78, 5) is 18.5. The molecule has 3 aromatic rings. The van der Waals surface area contributed by atoms with Gasteiger partial charge in [-0.15, -0.1) is 11.3 Å². The Bertz CT molecular complexity index is 938. The molecule has 0 fully saturated rings. The first-order valence-electron chi connectivity index (χ1n) is 8.31. The topological polar surface area (TPSA) is 55.1 Å². The number of furan rings is 1. The largest absolute Gasteiger partial charge is 0.451 e. The molecule has 1 atom stereocenters. The number of aromatic nitrogens is 1. The standard InChI is InChI=1S/C19H20N2O2S/c1-10-5-7-15-13(8-10)12(3)17(23-15)18(22)21-19-20-14-6-4-11(2)9-16(14)24-19/h5,7-8,11H,4,6,9H2,1-3H3,(H,20,21,22)/t11-/m0/s1. The van der Waals surface area contributed by atoms with Gasteiger partial charge in [-0.1, -0.05) is 18.6 Å². The number of hydrogen-bond acceptors (Lipinski definition) is 4. The second kappa shape index (κ2) is 5.74. The second-order valence-corrected chi connectivity index (χ2v) is 7.83. The highest BCUT2D eigenvalue weighted by Gasteiger charge is 2.23. The maximum absolute atomic E-state index is 12.6. The highest BCUT2D eigenvalue weighted by molar-refractivity contribution is 7.15. The van der Waals surface area contributed by atoms with E-state index in [2.05, 4.69) is 23.3 Å². The predicted octanol–water partition coefficient (Wildman–Crippen LogP) is 4.88. The first-order valence-corrected chi connectivity index (χ1v) is 9.12. The zero-order valence-corrected chi connectivity index (χ0v) is 14.9. The summed E-state index contributed by atoms with van der Waals surface area (Å²) in [6.45, 7) is 6.22. The summed E-state index contributed by atoms with van der Waals surface area (Å²) in [6.07, 6.45) is 3.24. The molecule has 1 amide bonds. The van der Waals surface area contributed by atoms with Crippen LogP contribution < -0.4 is 5.32 Å². The van der Waals surface area contributed by atoms with Crippen molar-refractivity contribution in [3.8, 4) is 0 Å². The van der Waals surface area contributed by atoms with E-state index in [1.165, 1.54) is 11.3 Å². The molecule has 1 aliphatic rings. The minimum Gasteiger partial charge on any atom is -0.451 e. The van der Waals surface area contributed by atoms with Crippen molar-refractivity contribution in [2.24, 2.45) is 5.92 Å². The molecular weight excluding hydrogens is 320 g/mol. The summed E-state index contributed by atoms with van der Waals surface area (Å²) in [7, 11) is 0. The normalized spacial score (nSPS) is 17.0. The lowest BCUT2D eigenvalue weighted by Crippen LogP contribution is -2.12. The third-order valence-corrected chi connectivity index (χ3v) is 5.74. The Kier molecular flexibility index (Phi) is 3.68. The van der Waals surface area contributed by atoms with Crippen LogP contribution in [0.2, 0.25) is 0 Å². The van der Waals surface area contributed by atoms with E-state index in [0.29, 0.717) is 16.8 Å². The smallest absolute Gasteiger partial charge is 0.293 e. The van der Waals surface area contributed by atoms with Crippen molar-refractivity contribution in [3.05, 3.63) is 45.7 Å². The van der Waals surface area contributed by atoms with Gasteiger partial charge < -0.3 is 4.42 Å². The number of carbonyl (C=O) groups is 1. The van der Waals surface area contributed by atoms with Crippen molar-refractivity contribution in [2.45, 2.75) is 40.0 Å². The van der Waals surface area contributed by atoms with E-state index in [9.17, 15) is 4.79 Å². The third-order valence-electron chi connectivity index (χ3n) is 4.70. The molecule has 0 aliphatic heterocycles. The number of rotatable bonds is 2. The molecule has 124 valence electrons. The number of benzene rings is 1. The van der Waals surface area contributed by atoms with Crippen molar-refractivity contribution in [2.75, 3.05) is 5.32 Å². The molecule has 5 heteroatoms. The lowest BCUT2D eigenvalue weighted by Gasteiger charge is -2.15. The molecular formula is C19H20N2O2S. The van der Waals surface area contributed by atoms with Crippen molar-refractivity contribution < 1.29 is 9.21 Å². The van der Waals surface area contributed by atoms with Crippen LogP contribution in [-0.4, -0.2) is 10.9 Å². The molecule has 0 saturated carbocycles. The Hall–Kier alpha value is -2.14. The zero-order chi connectivity index (χ0) is 16.8.